The van der Waals surface area contributed by atoms with Crippen molar-refractivity contribution in [3.8, 4) is 0 Å². The van der Waals surface area contributed by atoms with E-state index in [-0.39, 0.29) is 5.69 Å². The molecule has 0 aliphatic carbocycles. The van der Waals surface area contributed by atoms with Crippen LogP contribution in [0.2, 0.25) is 19.6 Å². The van der Waals surface area contributed by atoms with Crippen molar-refractivity contribution in [2.45, 2.75) is 26.2 Å². The number of hydrogen-bond donors (Lipinski definition) is 1. The molecule has 0 aromatic carbocycles. The Balaban J connectivity index is 2.20. The SMILES string of the molecule is COC(=O)c1cn(Cc2n[nH]nc2[Si](C)(C)C)nn1. The molecule has 19 heavy (non-hydrogen) atoms. The Morgan fingerprint density at radius 2 is 2.16 bits per heavy atom. The predicted molar refractivity (Wildman–Crippen MR) is 69.8 cm³/mol. The molecule has 1 N–H and O–H groups in total. The average molecular weight is 280 g/mol. The molecule has 2 aromatic rings. The highest BCUT2D eigenvalue weighted by Gasteiger charge is 2.25. The Morgan fingerprint density at radius 1 is 1.42 bits per heavy atom. The van der Waals surface area contributed by atoms with Gasteiger partial charge < -0.3 is 4.74 Å². The van der Waals surface area contributed by atoms with Crippen LogP contribution in [0.15, 0.2) is 6.20 Å². The summed E-state index contributed by atoms with van der Waals surface area (Å²) in [5.41, 5.74) is 1.01. The fourth-order valence-electron chi connectivity index (χ4n) is 1.69. The van der Waals surface area contributed by atoms with E-state index in [1.807, 2.05) is 0 Å². The minimum Gasteiger partial charge on any atom is -0.464 e. The number of methoxy groups -OCH3 is 1. The van der Waals surface area contributed by atoms with Crippen molar-refractivity contribution in [1.29, 1.82) is 0 Å². The number of aromatic amines is 1. The third-order valence-corrected chi connectivity index (χ3v) is 4.40. The quantitative estimate of drug-likeness (QED) is 0.614. The summed E-state index contributed by atoms with van der Waals surface area (Å²) in [6, 6.07) is 0. The molecule has 2 aromatic heterocycles. The van der Waals surface area contributed by atoms with Crippen molar-refractivity contribution in [1.82, 2.24) is 30.4 Å². The van der Waals surface area contributed by atoms with E-state index in [1.165, 1.54) is 13.3 Å². The lowest BCUT2D eigenvalue weighted by Gasteiger charge is -2.13. The summed E-state index contributed by atoms with van der Waals surface area (Å²) in [6.45, 7) is 7.00. The van der Waals surface area contributed by atoms with Gasteiger partial charge in [-0.2, -0.15) is 15.4 Å². The van der Waals surface area contributed by atoms with Crippen LogP contribution in [0.1, 0.15) is 16.2 Å². The fraction of sp³-hybridized carbons (Fsp3) is 0.500. The topological polar surface area (TPSA) is 98.6 Å². The number of aromatic nitrogens is 6. The van der Waals surface area contributed by atoms with Gasteiger partial charge in [0.15, 0.2) is 5.69 Å². The van der Waals surface area contributed by atoms with Crippen LogP contribution in [0, 0.1) is 0 Å². The van der Waals surface area contributed by atoms with Gasteiger partial charge in [0.2, 0.25) is 0 Å². The lowest BCUT2D eigenvalue weighted by atomic mass is 10.4. The molecule has 0 radical (unpaired) electrons. The molecule has 0 bridgehead atoms. The maximum absolute atomic E-state index is 11.3. The summed E-state index contributed by atoms with van der Waals surface area (Å²) in [6.07, 6.45) is 1.54. The summed E-state index contributed by atoms with van der Waals surface area (Å²) in [5, 5.41) is 19.6. The molecule has 0 spiro atoms. The molecule has 0 unspecified atom stereocenters. The lowest BCUT2D eigenvalue weighted by Crippen LogP contribution is -2.41. The molecule has 0 fully saturated rings. The second kappa shape index (κ2) is 4.92. The van der Waals surface area contributed by atoms with Crippen LogP contribution in [0.3, 0.4) is 0 Å². The Hall–Kier alpha value is -2.03. The first-order valence-electron chi connectivity index (χ1n) is 5.80. The largest absolute Gasteiger partial charge is 0.464 e. The van der Waals surface area contributed by atoms with Gasteiger partial charge in [-0.25, -0.2) is 9.48 Å². The molecule has 2 rings (SSSR count). The van der Waals surface area contributed by atoms with E-state index >= 15 is 0 Å². The van der Waals surface area contributed by atoms with Crippen molar-refractivity contribution in [3.05, 3.63) is 17.6 Å². The zero-order chi connectivity index (χ0) is 14.0. The first-order valence-corrected chi connectivity index (χ1v) is 9.30. The number of ether oxygens (including phenoxy) is 1. The predicted octanol–water partition coefficient (Wildman–Crippen LogP) is -0.224. The van der Waals surface area contributed by atoms with Crippen LogP contribution >= 0.6 is 0 Å². The maximum atomic E-state index is 11.3. The molecular formula is C10H16N6O2Si. The zero-order valence-corrected chi connectivity index (χ0v) is 12.3. The summed E-state index contributed by atoms with van der Waals surface area (Å²) < 4.78 is 6.13. The van der Waals surface area contributed by atoms with E-state index in [0.29, 0.717) is 6.54 Å². The summed E-state index contributed by atoms with van der Waals surface area (Å²) in [7, 11) is -0.252. The number of nitrogens with zero attached hydrogens (tertiary/aromatic N) is 5. The molecule has 0 aliphatic heterocycles. The first kappa shape index (κ1) is 13.4. The van der Waals surface area contributed by atoms with E-state index in [9.17, 15) is 4.79 Å². The van der Waals surface area contributed by atoms with Gasteiger partial charge in [0, 0.05) is 0 Å². The molecule has 8 nitrogen and oxygen atoms in total. The van der Waals surface area contributed by atoms with Crippen molar-refractivity contribution >= 4 is 19.4 Å². The lowest BCUT2D eigenvalue weighted by molar-refractivity contribution is 0.0594. The standard InChI is InChI=1S/C10H16N6O2Si/c1-18-10(17)8-6-16(15-12-8)5-7-9(13-14-11-7)19(2,3)4/h6H,5H2,1-4H3,(H,11,13,14). The van der Waals surface area contributed by atoms with E-state index in [1.54, 1.807) is 4.68 Å². The monoisotopic (exact) mass is 280 g/mol. The molecule has 0 saturated carbocycles. The Labute approximate surface area is 111 Å². The van der Waals surface area contributed by atoms with Crippen LogP contribution < -0.4 is 5.32 Å². The highest BCUT2D eigenvalue weighted by Crippen LogP contribution is 2.04. The van der Waals surface area contributed by atoms with Crippen LogP contribution in [0.25, 0.3) is 0 Å². The molecule has 9 heteroatoms. The summed E-state index contributed by atoms with van der Waals surface area (Å²) >= 11 is 0. The average Bonchev–Trinajstić information content (AvgIpc) is 2.96. The van der Waals surface area contributed by atoms with Crippen molar-refractivity contribution in [2.75, 3.05) is 7.11 Å². The Morgan fingerprint density at radius 3 is 2.79 bits per heavy atom. The van der Waals surface area contributed by atoms with E-state index < -0.39 is 14.0 Å². The van der Waals surface area contributed by atoms with E-state index in [4.69, 9.17) is 0 Å². The van der Waals surface area contributed by atoms with Gasteiger partial charge in [0.1, 0.15) is 13.8 Å². The van der Waals surface area contributed by atoms with Gasteiger partial charge >= 0.3 is 5.97 Å². The highest BCUT2D eigenvalue weighted by atomic mass is 28.3. The van der Waals surface area contributed by atoms with Crippen LogP contribution in [0.5, 0.6) is 0 Å². The third-order valence-electron chi connectivity index (χ3n) is 2.58. The number of carbonyl (C=O) groups excluding carboxylic acids is 1. The molecule has 0 aliphatic rings. The van der Waals surface area contributed by atoms with Crippen LogP contribution in [-0.4, -0.2) is 51.6 Å². The van der Waals surface area contributed by atoms with Gasteiger partial charge in [0.25, 0.3) is 0 Å². The number of rotatable bonds is 4. The molecule has 102 valence electrons. The number of hydrogen-bond acceptors (Lipinski definition) is 6. The first-order chi connectivity index (χ1) is 8.91. The Kier molecular flexibility index (Phi) is 3.47. The molecule has 0 atom stereocenters. The number of nitrogens with one attached hydrogen (secondary N) is 1. The molecule has 0 saturated heterocycles. The number of carbonyl (C=O) groups is 1. The minimum absolute atomic E-state index is 0.181. The highest BCUT2D eigenvalue weighted by molar-refractivity contribution is 6.88. The second-order valence-corrected chi connectivity index (χ2v) is 10.1. The normalized spacial score (nSPS) is 11.6. The summed E-state index contributed by atoms with van der Waals surface area (Å²) in [5.74, 6) is -0.503. The van der Waals surface area contributed by atoms with E-state index in [2.05, 4.69) is 50.1 Å². The van der Waals surface area contributed by atoms with Crippen LogP contribution in [0.4, 0.5) is 0 Å². The van der Waals surface area contributed by atoms with Gasteiger partial charge in [0.05, 0.1) is 25.2 Å². The van der Waals surface area contributed by atoms with Gasteiger partial charge in [-0.15, -0.1) is 5.10 Å². The molecule has 0 amide bonds. The fourth-order valence-corrected chi connectivity index (χ4v) is 3.08. The van der Waals surface area contributed by atoms with Crippen molar-refractivity contribution in [3.63, 3.8) is 0 Å². The number of esters is 1. The second-order valence-electron chi connectivity index (χ2n) is 5.16. The van der Waals surface area contributed by atoms with Gasteiger partial charge in [-0.3, -0.25) is 0 Å². The van der Waals surface area contributed by atoms with Crippen LogP contribution in [-0.2, 0) is 11.3 Å². The summed E-state index contributed by atoms with van der Waals surface area (Å²) in [4.78, 5) is 11.3. The maximum Gasteiger partial charge on any atom is 0.360 e. The smallest absolute Gasteiger partial charge is 0.360 e. The third kappa shape index (κ3) is 2.87. The van der Waals surface area contributed by atoms with Crippen molar-refractivity contribution in [2.24, 2.45) is 0 Å². The zero-order valence-electron chi connectivity index (χ0n) is 11.3. The number of H-pyrrole nitrogens is 1. The van der Waals surface area contributed by atoms with E-state index in [0.717, 1.165) is 11.0 Å². The van der Waals surface area contributed by atoms with Crippen molar-refractivity contribution < 1.29 is 9.53 Å². The Bertz CT molecular complexity index is 585. The molecular weight excluding hydrogens is 264 g/mol. The van der Waals surface area contributed by atoms with Gasteiger partial charge in [-0.1, -0.05) is 24.9 Å². The van der Waals surface area contributed by atoms with Gasteiger partial charge in [-0.05, 0) is 0 Å². The minimum atomic E-state index is -1.56. The molecule has 2 heterocycles.